The average Bonchev–Trinajstić information content (AvgIpc) is 2.96. The van der Waals surface area contributed by atoms with Crippen molar-refractivity contribution in [1.82, 2.24) is 10.2 Å². The predicted molar refractivity (Wildman–Crippen MR) is 169 cm³/mol. The minimum absolute atomic E-state index is 0.00598. The minimum atomic E-state index is -0.516. The number of allylic oxidation sites excluding steroid dienone is 2. The van der Waals surface area contributed by atoms with Crippen LogP contribution in [0.15, 0.2) is 11.6 Å². The SMILES string of the molecule is C[C@H]1[C@H](C)CC[C@]2(C(=O)NCC(=O)N(CCO)CCO)CC[C@]3(C)C(=CC[C@@H]4[C@@]5(C)CC[C@H](O)C(C)(C)[C@@H]5CC[C@]43C)[C@H]12. The summed E-state index contributed by atoms with van der Waals surface area (Å²) >= 11 is 0. The maximum absolute atomic E-state index is 14.3. The van der Waals surface area contributed by atoms with Crippen molar-refractivity contribution in [2.75, 3.05) is 32.8 Å². The Bertz CT molecular complexity index is 1110. The topological polar surface area (TPSA) is 110 Å². The Morgan fingerprint density at radius 1 is 0.907 bits per heavy atom. The molecule has 4 saturated carbocycles. The van der Waals surface area contributed by atoms with Crippen molar-refractivity contribution in [2.24, 2.45) is 56.7 Å². The third kappa shape index (κ3) is 4.76. The Hall–Kier alpha value is -1.44. The van der Waals surface area contributed by atoms with Gasteiger partial charge in [-0.2, -0.15) is 0 Å². The summed E-state index contributed by atoms with van der Waals surface area (Å²) in [6, 6.07) is 0. The zero-order valence-corrected chi connectivity index (χ0v) is 28.0. The Kier molecular flexibility index (Phi) is 8.75. The Balaban J connectivity index is 1.47. The van der Waals surface area contributed by atoms with Crippen molar-refractivity contribution >= 4 is 11.8 Å². The van der Waals surface area contributed by atoms with Gasteiger partial charge in [0.1, 0.15) is 0 Å². The van der Waals surface area contributed by atoms with Gasteiger partial charge in [-0.1, -0.05) is 60.1 Å². The van der Waals surface area contributed by atoms with Crippen LogP contribution in [0, 0.1) is 56.7 Å². The molecule has 5 aliphatic carbocycles. The molecule has 0 aromatic rings. The van der Waals surface area contributed by atoms with Crippen molar-refractivity contribution in [3.8, 4) is 0 Å². The Labute approximate surface area is 260 Å². The molecule has 244 valence electrons. The zero-order chi connectivity index (χ0) is 31.6. The summed E-state index contributed by atoms with van der Waals surface area (Å²) in [5, 5.41) is 32.8. The van der Waals surface area contributed by atoms with E-state index in [2.05, 4.69) is 59.9 Å². The molecular weight excluding hydrogens is 540 g/mol. The highest BCUT2D eigenvalue weighted by Crippen LogP contribution is 2.75. The molecule has 0 aliphatic heterocycles. The van der Waals surface area contributed by atoms with Crippen LogP contribution >= 0.6 is 0 Å². The van der Waals surface area contributed by atoms with Crippen LogP contribution in [0.4, 0.5) is 0 Å². The molecule has 5 aliphatic rings. The van der Waals surface area contributed by atoms with Crippen molar-refractivity contribution < 1.29 is 24.9 Å². The van der Waals surface area contributed by atoms with Crippen molar-refractivity contribution in [3.63, 3.8) is 0 Å². The molecule has 0 bridgehead atoms. The molecule has 0 spiro atoms. The van der Waals surface area contributed by atoms with Gasteiger partial charge in [0, 0.05) is 13.1 Å². The van der Waals surface area contributed by atoms with E-state index >= 15 is 0 Å². The number of nitrogens with one attached hydrogen (secondary N) is 1. The number of fused-ring (bicyclic) bond motifs is 7. The first kappa shape index (κ1) is 32.9. The molecule has 7 nitrogen and oxygen atoms in total. The number of aliphatic hydroxyl groups excluding tert-OH is 3. The fourth-order valence-electron chi connectivity index (χ4n) is 11.9. The second-order valence-corrected chi connectivity index (χ2v) is 16.7. The number of hydrogen-bond donors (Lipinski definition) is 4. The van der Waals surface area contributed by atoms with E-state index in [-0.39, 0.29) is 78.3 Å². The van der Waals surface area contributed by atoms with E-state index in [9.17, 15) is 24.9 Å². The van der Waals surface area contributed by atoms with Crippen LogP contribution in [0.3, 0.4) is 0 Å². The van der Waals surface area contributed by atoms with Crippen molar-refractivity contribution in [2.45, 2.75) is 112 Å². The van der Waals surface area contributed by atoms with Crippen LogP contribution in [0.25, 0.3) is 0 Å². The van der Waals surface area contributed by atoms with Crippen LogP contribution in [0.1, 0.15) is 106 Å². The van der Waals surface area contributed by atoms with Gasteiger partial charge < -0.3 is 25.5 Å². The lowest BCUT2D eigenvalue weighted by Gasteiger charge is -2.71. The van der Waals surface area contributed by atoms with Crippen LogP contribution < -0.4 is 5.32 Å². The maximum Gasteiger partial charge on any atom is 0.242 e. The molecule has 0 heterocycles. The van der Waals surface area contributed by atoms with E-state index in [4.69, 9.17) is 0 Å². The molecule has 2 amide bonds. The van der Waals surface area contributed by atoms with Gasteiger partial charge in [0.15, 0.2) is 0 Å². The largest absolute Gasteiger partial charge is 0.395 e. The molecule has 5 rings (SSSR count). The van der Waals surface area contributed by atoms with Crippen LogP contribution in [-0.4, -0.2) is 71.0 Å². The molecule has 4 N–H and O–H groups in total. The quantitative estimate of drug-likeness (QED) is 0.310. The monoisotopic (exact) mass is 600 g/mol. The van der Waals surface area contributed by atoms with Gasteiger partial charge in [0.25, 0.3) is 0 Å². The smallest absolute Gasteiger partial charge is 0.242 e. The fourth-order valence-corrected chi connectivity index (χ4v) is 11.9. The van der Waals surface area contributed by atoms with Gasteiger partial charge in [-0.3, -0.25) is 9.59 Å². The summed E-state index contributed by atoms with van der Waals surface area (Å²) in [5.74, 6) is 1.86. The molecule has 0 saturated heterocycles. The zero-order valence-electron chi connectivity index (χ0n) is 28.0. The summed E-state index contributed by atoms with van der Waals surface area (Å²) in [6.45, 7) is 16.8. The summed E-state index contributed by atoms with van der Waals surface area (Å²) in [6.07, 6.45) is 11.4. The second-order valence-electron chi connectivity index (χ2n) is 16.7. The van der Waals surface area contributed by atoms with E-state index in [0.717, 1.165) is 57.8 Å². The Morgan fingerprint density at radius 3 is 2.23 bits per heavy atom. The summed E-state index contributed by atoms with van der Waals surface area (Å²) in [5.41, 5.74) is 1.25. The Morgan fingerprint density at radius 2 is 1.58 bits per heavy atom. The summed E-state index contributed by atoms with van der Waals surface area (Å²) in [4.78, 5) is 28.7. The standard InChI is InChI=1S/C36H60N2O5/c1-23-10-15-36(31(43)37-22-29(42)38(18-20-39)19-21-40)17-16-34(6)25(30(36)24(23)2)8-9-27-33(5)13-12-28(41)32(3,4)26(33)11-14-35(27,34)7/h8,23-24,26-28,30,39-41H,9-22H2,1-7H3,(H,37,43)/t23-,24+,26+,27-,28+,30+,33+,34-,35-,36+/m1/s1. The maximum atomic E-state index is 14.3. The van der Waals surface area contributed by atoms with Gasteiger partial charge in [0.2, 0.25) is 11.8 Å². The highest BCUT2D eigenvalue weighted by molar-refractivity contribution is 5.89. The number of carbonyl (C=O) groups excluding carboxylic acids is 2. The number of rotatable bonds is 7. The van der Waals surface area contributed by atoms with Crippen molar-refractivity contribution in [1.29, 1.82) is 0 Å². The molecular formula is C36H60N2O5. The third-order valence-electron chi connectivity index (χ3n) is 14.9. The van der Waals surface area contributed by atoms with Crippen LogP contribution in [0.5, 0.6) is 0 Å². The highest BCUT2D eigenvalue weighted by Gasteiger charge is 2.69. The van der Waals surface area contributed by atoms with Gasteiger partial charge >= 0.3 is 0 Å². The summed E-state index contributed by atoms with van der Waals surface area (Å²) < 4.78 is 0. The molecule has 10 atom stereocenters. The normalized spacial score (nSPS) is 45.0. The first-order valence-electron chi connectivity index (χ1n) is 17.3. The number of hydrogen-bond acceptors (Lipinski definition) is 5. The van der Waals surface area contributed by atoms with Crippen LogP contribution in [0.2, 0.25) is 0 Å². The first-order valence-corrected chi connectivity index (χ1v) is 17.3. The first-order chi connectivity index (χ1) is 20.1. The lowest BCUT2D eigenvalue weighted by atomic mass is 9.33. The molecule has 4 fully saturated rings. The predicted octanol–water partition coefficient (Wildman–Crippen LogP) is 4.93. The van der Waals surface area contributed by atoms with E-state index < -0.39 is 5.41 Å². The molecule has 0 radical (unpaired) electrons. The fraction of sp³-hybridized carbons (Fsp3) is 0.889. The van der Waals surface area contributed by atoms with Gasteiger partial charge in [-0.25, -0.2) is 0 Å². The van der Waals surface area contributed by atoms with Crippen LogP contribution in [-0.2, 0) is 9.59 Å². The number of nitrogens with zero attached hydrogens (tertiary/aromatic N) is 1. The molecule has 0 aromatic carbocycles. The number of aliphatic hydroxyl groups is 3. The number of amides is 2. The van der Waals surface area contributed by atoms with Gasteiger partial charge in [0.05, 0.1) is 31.3 Å². The molecule has 43 heavy (non-hydrogen) atoms. The third-order valence-corrected chi connectivity index (χ3v) is 14.9. The lowest BCUT2D eigenvalue weighted by Crippen LogP contribution is -2.66. The number of carbonyl (C=O) groups is 2. The second kappa shape index (κ2) is 11.4. The molecule has 0 aromatic heterocycles. The van der Waals surface area contributed by atoms with Gasteiger partial charge in [-0.15, -0.1) is 0 Å². The van der Waals surface area contributed by atoms with Gasteiger partial charge in [-0.05, 0) is 109 Å². The van der Waals surface area contributed by atoms with E-state index in [1.54, 1.807) is 0 Å². The highest BCUT2D eigenvalue weighted by atomic mass is 16.3. The van der Waals surface area contributed by atoms with E-state index in [0.29, 0.717) is 23.7 Å². The lowest BCUT2D eigenvalue weighted by molar-refractivity contribution is -0.204. The minimum Gasteiger partial charge on any atom is -0.395 e. The van der Waals surface area contributed by atoms with Crippen molar-refractivity contribution in [3.05, 3.63) is 11.6 Å². The van der Waals surface area contributed by atoms with E-state index in [1.807, 2.05) is 0 Å². The summed E-state index contributed by atoms with van der Waals surface area (Å²) in [7, 11) is 0. The molecule has 7 heteroatoms. The van der Waals surface area contributed by atoms with E-state index in [1.165, 1.54) is 10.5 Å². The molecule has 0 unspecified atom stereocenters. The average molecular weight is 601 g/mol.